The summed E-state index contributed by atoms with van der Waals surface area (Å²) in [6, 6.07) is 7.08. The van der Waals surface area contributed by atoms with E-state index in [1.165, 1.54) is 0 Å². The summed E-state index contributed by atoms with van der Waals surface area (Å²) in [6.45, 7) is 7.85. The van der Waals surface area contributed by atoms with Crippen LogP contribution in [-0.4, -0.2) is 42.0 Å². The van der Waals surface area contributed by atoms with Crippen LogP contribution in [-0.2, 0) is 0 Å². The number of thiocarbonyl (C=S) groups is 1. The molecule has 0 aliphatic rings. The molecule has 0 atom stereocenters. The lowest BCUT2D eigenvalue weighted by Gasteiger charge is -2.19. The minimum atomic E-state index is -0.0874. The minimum absolute atomic E-state index is 0.0874. The normalized spacial score (nSPS) is 10.6. The molecule has 1 aromatic carbocycles. The van der Waals surface area contributed by atoms with Gasteiger partial charge in [0.2, 0.25) is 0 Å². The lowest BCUT2D eigenvalue weighted by molar-refractivity contribution is 0.0948. The molecule has 4 nitrogen and oxygen atoms in total. The van der Waals surface area contributed by atoms with Crippen LogP contribution in [0.15, 0.2) is 24.3 Å². The van der Waals surface area contributed by atoms with Crippen LogP contribution in [0.5, 0.6) is 0 Å². The number of carbonyl (C=O) groups is 1. The molecule has 0 aliphatic heterocycles. The largest absolute Gasteiger partial charge is 0.389 e. The predicted octanol–water partition coefficient (Wildman–Crippen LogP) is 1.78. The van der Waals surface area contributed by atoms with Gasteiger partial charge in [-0.2, -0.15) is 0 Å². The Morgan fingerprint density at radius 3 is 2.60 bits per heavy atom. The number of amides is 1. The highest BCUT2D eigenvalue weighted by molar-refractivity contribution is 7.80. The number of carbonyl (C=O) groups excluding carboxylic acids is 1. The van der Waals surface area contributed by atoms with E-state index in [0.29, 0.717) is 22.7 Å². The van der Waals surface area contributed by atoms with Gasteiger partial charge in [0.25, 0.3) is 5.91 Å². The number of nitrogens with zero attached hydrogens (tertiary/aromatic N) is 1. The van der Waals surface area contributed by atoms with Gasteiger partial charge in [-0.3, -0.25) is 4.79 Å². The molecule has 110 valence electrons. The number of hydrogen-bond donors (Lipinski definition) is 2. The van der Waals surface area contributed by atoms with Crippen molar-refractivity contribution < 1.29 is 4.79 Å². The lowest BCUT2D eigenvalue weighted by Crippen LogP contribution is -2.35. The number of nitrogens with two attached hydrogens (primary N) is 1. The molecular weight excluding hydrogens is 270 g/mol. The highest BCUT2D eigenvalue weighted by Gasteiger charge is 2.07. The average Bonchev–Trinajstić information content (AvgIpc) is 2.46. The van der Waals surface area contributed by atoms with E-state index >= 15 is 0 Å². The number of hydrogen-bond acceptors (Lipinski definition) is 3. The SMILES string of the molecule is CCCN(CC)CCNC(=O)c1cccc(C(N)=S)c1. The predicted molar refractivity (Wildman–Crippen MR) is 87.1 cm³/mol. The van der Waals surface area contributed by atoms with Crippen molar-refractivity contribution in [2.75, 3.05) is 26.2 Å². The first-order valence-electron chi connectivity index (χ1n) is 6.98. The highest BCUT2D eigenvalue weighted by atomic mass is 32.1. The molecule has 0 unspecified atom stereocenters. The fourth-order valence-corrected chi connectivity index (χ4v) is 2.11. The van der Waals surface area contributed by atoms with Crippen molar-refractivity contribution in [3.05, 3.63) is 35.4 Å². The van der Waals surface area contributed by atoms with Crippen molar-refractivity contribution in [2.45, 2.75) is 20.3 Å². The molecule has 0 fully saturated rings. The van der Waals surface area contributed by atoms with Crippen molar-refractivity contribution >= 4 is 23.1 Å². The van der Waals surface area contributed by atoms with Crippen LogP contribution < -0.4 is 11.1 Å². The second kappa shape index (κ2) is 8.66. The standard InChI is InChI=1S/C15H23N3OS/c1-3-9-18(4-2)10-8-17-15(19)13-7-5-6-12(11-13)14(16)20/h5-7,11H,3-4,8-10H2,1-2H3,(H2,16,20)(H,17,19). The van der Waals surface area contributed by atoms with Crippen LogP contribution in [0.4, 0.5) is 0 Å². The molecule has 1 aromatic rings. The highest BCUT2D eigenvalue weighted by Crippen LogP contribution is 2.05. The van der Waals surface area contributed by atoms with Gasteiger partial charge < -0.3 is 16.0 Å². The molecule has 0 aromatic heterocycles. The zero-order valence-electron chi connectivity index (χ0n) is 12.2. The summed E-state index contributed by atoms with van der Waals surface area (Å²) >= 11 is 4.91. The summed E-state index contributed by atoms with van der Waals surface area (Å²) in [6.07, 6.45) is 1.12. The van der Waals surface area contributed by atoms with Gasteiger partial charge in [-0.15, -0.1) is 0 Å². The number of rotatable bonds is 8. The maximum atomic E-state index is 12.0. The van der Waals surface area contributed by atoms with Crippen LogP contribution in [0.2, 0.25) is 0 Å². The molecule has 0 aliphatic carbocycles. The zero-order chi connectivity index (χ0) is 15.0. The Hall–Kier alpha value is -1.46. The Morgan fingerprint density at radius 1 is 1.30 bits per heavy atom. The van der Waals surface area contributed by atoms with Gasteiger partial charge in [0.05, 0.1) is 0 Å². The second-order valence-electron chi connectivity index (χ2n) is 4.64. The van der Waals surface area contributed by atoms with Crippen molar-refractivity contribution in [1.82, 2.24) is 10.2 Å². The van der Waals surface area contributed by atoms with Crippen LogP contribution in [0, 0.1) is 0 Å². The Labute approximate surface area is 126 Å². The van der Waals surface area contributed by atoms with Gasteiger partial charge in [0, 0.05) is 24.2 Å². The van der Waals surface area contributed by atoms with Crippen molar-refractivity contribution in [3.8, 4) is 0 Å². The summed E-state index contributed by atoms with van der Waals surface area (Å²) in [5.41, 5.74) is 6.88. The topological polar surface area (TPSA) is 58.4 Å². The third-order valence-electron chi connectivity index (χ3n) is 3.11. The summed E-state index contributed by atoms with van der Waals surface area (Å²) in [4.78, 5) is 14.7. The second-order valence-corrected chi connectivity index (χ2v) is 5.08. The van der Waals surface area contributed by atoms with Crippen molar-refractivity contribution in [1.29, 1.82) is 0 Å². The van der Waals surface area contributed by atoms with E-state index in [4.69, 9.17) is 18.0 Å². The molecular formula is C15H23N3OS. The molecule has 0 bridgehead atoms. The van der Waals surface area contributed by atoms with E-state index in [2.05, 4.69) is 24.1 Å². The summed E-state index contributed by atoms with van der Waals surface area (Å²) < 4.78 is 0. The van der Waals surface area contributed by atoms with Crippen molar-refractivity contribution in [3.63, 3.8) is 0 Å². The Kier molecular flexibility index (Phi) is 7.18. The quantitative estimate of drug-likeness (QED) is 0.717. The molecule has 5 heteroatoms. The van der Waals surface area contributed by atoms with E-state index in [0.717, 1.165) is 26.1 Å². The van der Waals surface area contributed by atoms with Crippen LogP contribution in [0.1, 0.15) is 36.2 Å². The Morgan fingerprint density at radius 2 is 2.00 bits per heavy atom. The van der Waals surface area contributed by atoms with Gasteiger partial charge in [-0.25, -0.2) is 0 Å². The van der Waals surface area contributed by atoms with Crippen LogP contribution in [0.25, 0.3) is 0 Å². The maximum Gasteiger partial charge on any atom is 0.251 e. The number of likely N-dealkylation sites (N-methyl/N-ethyl adjacent to an activating group) is 1. The van der Waals surface area contributed by atoms with Gasteiger partial charge >= 0.3 is 0 Å². The lowest BCUT2D eigenvalue weighted by atomic mass is 10.1. The smallest absolute Gasteiger partial charge is 0.251 e. The third kappa shape index (κ3) is 5.27. The van der Waals surface area contributed by atoms with Gasteiger partial charge in [-0.1, -0.05) is 38.2 Å². The Bertz CT molecular complexity index is 462. The number of nitrogens with one attached hydrogen (secondary N) is 1. The number of benzene rings is 1. The van der Waals surface area contributed by atoms with E-state index < -0.39 is 0 Å². The van der Waals surface area contributed by atoms with Crippen LogP contribution in [0.3, 0.4) is 0 Å². The summed E-state index contributed by atoms with van der Waals surface area (Å²) in [5, 5.41) is 2.92. The van der Waals surface area contributed by atoms with Gasteiger partial charge in [0.15, 0.2) is 0 Å². The van der Waals surface area contributed by atoms with Crippen LogP contribution >= 0.6 is 12.2 Å². The molecule has 0 spiro atoms. The van der Waals surface area contributed by atoms with Gasteiger partial charge in [-0.05, 0) is 31.6 Å². The fraction of sp³-hybridized carbons (Fsp3) is 0.467. The molecule has 1 amide bonds. The minimum Gasteiger partial charge on any atom is -0.389 e. The van der Waals surface area contributed by atoms with E-state index in [1.807, 2.05) is 0 Å². The zero-order valence-corrected chi connectivity index (χ0v) is 13.0. The molecule has 20 heavy (non-hydrogen) atoms. The summed E-state index contributed by atoms with van der Waals surface area (Å²) in [5.74, 6) is -0.0874. The average molecular weight is 293 g/mol. The van der Waals surface area contributed by atoms with Crippen molar-refractivity contribution in [2.24, 2.45) is 5.73 Å². The fourth-order valence-electron chi connectivity index (χ4n) is 1.99. The van der Waals surface area contributed by atoms with E-state index in [9.17, 15) is 4.79 Å². The third-order valence-corrected chi connectivity index (χ3v) is 3.35. The first-order valence-corrected chi connectivity index (χ1v) is 7.39. The monoisotopic (exact) mass is 293 g/mol. The molecule has 3 N–H and O–H groups in total. The first-order chi connectivity index (χ1) is 9.58. The van der Waals surface area contributed by atoms with E-state index in [1.54, 1.807) is 24.3 Å². The maximum absolute atomic E-state index is 12.0. The molecule has 0 saturated heterocycles. The van der Waals surface area contributed by atoms with Gasteiger partial charge in [0.1, 0.15) is 4.99 Å². The summed E-state index contributed by atoms with van der Waals surface area (Å²) in [7, 11) is 0. The molecule has 1 rings (SSSR count). The van der Waals surface area contributed by atoms with E-state index in [-0.39, 0.29) is 5.91 Å². The molecule has 0 radical (unpaired) electrons. The first kappa shape index (κ1) is 16.6. The Balaban J connectivity index is 2.50. The molecule has 0 saturated carbocycles. The molecule has 0 heterocycles.